The van der Waals surface area contributed by atoms with Crippen molar-refractivity contribution in [2.75, 3.05) is 19.1 Å². The van der Waals surface area contributed by atoms with Crippen LogP contribution in [-0.4, -0.2) is 50.4 Å². The summed E-state index contributed by atoms with van der Waals surface area (Å²) in [4.78, 5) is 0. The fourth-order valence-electron chi connectivity index (χ4n) is 3.47. The molecule has 2 aromatic carbocycles. The number of alkyl halides is 1. The maximum absolute atomic E-state index is 10.3. The molecule has 0 unspecified atom stereocenters. The Morgan fingerprint density at radius 1 is 1.09 bits per heavy atom. The smallest absolute Gasteiger partial charge is 0.149 e. The van der Waals surface area contributed by atoms with Gasteiger partial charge in [0.2, 0.25) is 0 Å². The van der Waals surface area contributed by atoms with Gasteiger partial charge in [0.05, 0.1) is 30.5 Å². The molecule has 0 amide bonds. The number of benzene rings is 2. The van der Waals surface area contributed by atoms with Crippen LogP contribution in [0.1, 0.15) is 37.6 Å². The summed E-state index contributed by atoms with van der Waals surface area (Å²) >= 11 is 14.3. The Balaban J connectivity index is 1.61. The molecule has 0 aliphatic rings. The zero-order valence-electron chi connectivity index (χ0n) is 19.9. The van der Waals surface area contributed by atoms with Gasteiger partial charge in [0.25, 0.3) is 0 Å². The minimum absolute atomic E-state index is 0.0868. The van der Waals surface area contributed by atoms with Crippen molar-refractivity contribution < 1.29 is 19.7 Å². The molecule has 0 aliphatic carbocycles. The summed E-state index contributed by atoms with van der Waals surface area (Å²) in [5.41, 5.74) is 2.43. The van der Waals surface area contributed by atoms with Crippen molar-refractivity contribution in [3.8, 4) is 11.5 Å². The van der Waals surface area contributed by atoms with Gasteiger partial charge in [-0.3, -0.25) is 0 Å². The van der Waals surface area contributed by atoms with Crippen molar-refractivity contribution in [3.63, 3.8) is 0 Å². The first-order chi connectivity index (χ1) is 16.6. The summed E-state index contributed by atoms with van der Waals surface area (Å²) in [5.74, 6) is 2.08. The van der Waals surface area contributed by atoms with E-state index in [4.69, 9.17) is 32.7 Å². The number of halogens is 3. The number of aromatic nitrogens is 3. The molecule has 2 N–H and O–H groups in total. The molecule has 10 heteroatoms. The molecule has 190 valence electrons. The van der Waals surface area contributed by atoms with Crippen LogP contribution in [0.5, 0.6) is 11.5 Å². The second kappa shape index (κ2) is 12.6. The molecule has 3 rings (SSSR count). The van der Waals surface area contributed by atoms with E-state index in [1.165, 1.54) is 4.68 Å². The first kappa shape index (κ1) is 28.0. The van der Waals surface area contributed by atoms with Crippen LogP contribution in [0, 0.1) is 9.62 Å². The van der Waals surface area contributed by atoms with Crippen molar-refractivity contribution in [2.45, 2.75) is 45.4 Å². The molecule has 0 saturated heterocycles. The van der Waals surface area contributed by atoms with Gasteiger partial charge < -0.3 is 19.7 Å². The zero-order chi connectivity index (χ0) is 25.6. The first-order valence-electron chi connectivity index (χ1n) is 11.2. The fourth-order valence-corrected chi connectivity index (χ4v) is 4.34. The first-order valence-corrected chi connectivity index (χ1v) is 13.2. The highest BCUT2D eigenvalue weighted by molar-refractivity contribution is 14.1. The lowest BCUT2D eigenvalue weighted by atomic mass is 9.78. The van der Waals surface area contributed by atoms with Gasteiger partial charge in [-0.15, -0.1) is 16.7 Å². The predicted octanol–water partition coefficient (Wildman–Crippen LogP) is 5.05. The maximum atomic E-state index is 10.3. The Labute approximate surface area is 229 Å². The van der Waals surface area contributed by atoms with Gasteiger partial charge in [-0.1, -0.05) is 55.8 Å². The molecular weight excluding hydrogens is 600 g/mol. The minimum atomic E-state index is -0.802. The van der Waals surface area contributed by atoms with Gasteiger partial charge in [-0.05, 0) is 58.0 Å². The van der Waals surface area contributed by atoms with Crippen LogP contribution in [0.2, 0.25) is 5.02 Å². The number of hydrogen-bond donors (Lipinski definition) is 2. The molecule has 0 saturated carbocycles. The van der Waals surface area contributed by atoms with Crippen LogP contribution >= 0.6 is 45.8 Å². The molecule has 0 aliphatic heterocycles. The third-order valence-electron chi connectivity index (χ3n) is 5.78. The molecule has 3 aromatic rings. The van der Waals surface area contributed by atoms with Crippen molar-refractivity contribution in [3.05, 3.63) is 68.0 Å². The van der Waals surface area contributed by atoms with E-state index in [2.05, 4.69) is 24.2 Å². The molecule has 0 spiro atoms. The maximum Gasteiger partial charge on any atom is 0.149 e. The molecule has 2 atom stereocenters. The number of ether oxygens (including phenoxy) is 2. The lowest BCUT2D eigenvalue weighted by molar-refractivity contribution is 0.0866. The van der Waals surface area contributed by atoms with E-state index >= 15 is 0 Å². The second-order valence-electron chi connectivity index (χ2n) is 9.00. The van der Waals surface area contributed by atoms with Crippen molar-refractivity contribution >= 4 is 45.8 Å². The van der Waals surface area contributed by atoms with Crippen molar-refractivity contribution in [1.29, 1.82) is 0 Å². The molecule has 0 radical (unpaired) electrons. The highest BCUT2D eigenvalue weighted by Crippen LogP contribution is 2.36. The van der Waals surface area contributed by atoms with E-state index in [0.29, 0.717) is 38.4 Å². The Morgan fingerprint density at radius 3 is 2.40 bits per heavy atom. The fraction of sp³-hybridized carbons (Fsp3) is 0.440. The number of nitrogens with zero attached hydrogens (tertiary/aromatic N) is 3. The Hall–Kier alpha value is -1.59. The van der Waals surface area contributed by atoms with Gasteiger partial charge in [-0.25, -0.2) is 4.68 Å². The highest BCUT2D eigenvalue weighted by atomic mass is 123. The number of aliphatic hydroxyl groups is 2. The number of hydrogen-bond acceptors (Lipinski definition) is 6. The van der Waals surface area contributed by atoms with E-state index in [-0.39, 0.29) is 31.1 Å². The van der Waals surface area contributed by atoms with E-state index in [0.717, 1.165) is 11.1 Å². The number of aliphatic hydroxyl groups excluding tert-OH is 2. The van der Waals surface area contributed by atoms with Gasteiger partial charge >= 0.3 is 0 Å². The summed E-state index contributed by atoms with van der Waals surface area (Å²) < 4.78 is 13.7. The summed E-state index contributed by atoms with van der Waals surface area (Å²) in [5, 5.41) is 28.2. The van der Waals surface area contributed by atoms with Gasteiger partial charge in [0.15, 0.2) is 0 Å². The van der Waals surface area contributed by atoms with Crippen molar-refractivity contribution in [1.82, 2.24) is 15.0 Å². The minimum Gasteiger partial charge on any atom is -0.492 e. The standard InChI is InChI=1S/C25H30Cl2IN3O4/c1-16(11-26)14-35-23-9-6-18(10-21(23)27)25(2,3)17-4-7-20(8-5-17)34-15-19(33)12-31-22(13-32)24(28)29-30-31/h4-10,16,19,32-33H,11-15H2,1-3H3/t16-,19-/m0/s1/i28-4. The van der Waals surface area contributed by atoms with Crippen molar-refractivity contribution in [2.24, 2.45) is 5.92 Å². The van der Waals surface area contributed by atoms with Gasteiger partial charge in [0, 0.05) is 17.2 Å². The Bertz CT molecular complexity index is 1110. The van der Waals surface area contributed by atoms with Crippen LogP contribution in [0.3, 0.4) is 0 Å². The van der Waals surface area contributed by atoms with Crippen LogP contribution in [-0.2, 0) is 18.6 Å². The van der Waals surface area contributed by atoms with E-state index < -0.39 is 6.10 Å². The molecule has 0 bridgehead atoms. The van der Waals surface area contributed by atoms with Crippen LogP contribution in [0.15, 0.2) is 42.5 Å². The average Bonchev–Trinajstić information content (AvgIpc) is 3.20. The molecule has 0 fully saturated rings. The van der Waals surface area contributed by atoms with Crippen LogP contribution in [0.25, 0.3) is 0 Å². The summed E-state index contributed by atoms with van der Waals surface area (Å²) in [6.45, 7) is 6.88. The van der Waals surface area contributed by atoms with E-state index in [1.54, 1.807) is 0 Å². The highest BCUT2D eigenvalue weighted by Gasteiger charge is 2.24. The van der Waals surface area contributed by atoms with E-state index in [9.17, 15) is 10.2 Å². The van der Waals surface area contributed by atoms with Gasteiger partial charge in [-0.2, -0.15) is 0 Å². The van der Waals surface area contributed by atoms with Gasteiger partial charge in [0.1, 0.15) is 27.9 Å². The second-order valence-corrected chi connectivity index (χ2v) is 10.7. The third-order valence-corrected chi connectivity index (χ3v) is 7.44. The van der Waals surface area contributed by atoms with Crippen LogP contribution < -0.4 is 9.47 Å². The Kier molecular flexibility index (Phi) is 10.1. The number of rotatable bonds is 12. The summed E-state index contributed by atoms with van der Waals surface area (Å²) in [6.07, 6.45) is -0.802. The summed E-state index contributed by atoms with van der Waals surface area (Å²) in [7, 11) is 0. The molecule has 1 aromatic heterocycles. The third kappa shape index (κ3) is 7.22. The molecular formula is C25H30Cl2IN3O4. The molecule has 35 heavy (non-hydrogen) atoms. The zero-order valence-corrected chi connectivity index (χ0v) is 23.6. The largest absolute Gasteiger partial charge is 0.492 e. The lowest BCUT2D eigenvalue weighted by Crippen LogP contribution is -2.25. The lowest BCUT2D eigenvalue weighted by Gasteiger charge is -2.27. The normalized spacial score (nSPS) is 13.5. The Morgan fingerprint density at radius 2 is 1.77 bits per heavy atom. The SMILES string of the molecule is C[C@@H](CCl)COc1ccc(C(C)(C)c2ccc(OC[C@@H](O)Cn3nnc([123I])c3CO)cc2)cc1Cl. The monoisotopic (exact) mass is 629 g/mol. The van der Waals surface area contributed by atoms with E-state index in [1.807, 2.05) is 72.0 Å². The van der Waals surface area contributed by atoms with Crippen LogP contribution in [0.4, 0.5) is 0 Å². The predicted molar refractivity (Wildman–Crippen MR) is 146 cm³/mol. The molecule has 7 nitrogen and oxygen atoms in total. The quantitative estimate of drug-likeness (QED) is 0.215. The summed E-state index contributed by atoms with van der Waals surface area (Å²) in [6, 6.07) is 13.6. The topological polar surface area (TPSA) is 89.6 Å². The average molecular weight is 630 g/mol. The molecule has 1 heterocycles.